The second-order valence-electron chi connectivity index (χ2n) is 5.54. The van der Waals surface area contributed by atoms with Crippen LogP contribution in [0.1, 0.15) is 12.8 Å². The highest BCUT2D eigenvalue weighted by molar-refractivity contribution is 7.22. The summed E-state index contributed by atoms with van der Waals surface area (Å²) in [6.45, 7) is 1.40. The Kier molecular flexibility index (Phi) is 4.14. The maximum Gasteiger partial charge on any atom is 0.270 e. The molecule has 1 aromatic carbocycles. The van der Waals surface area contributed by atoms with Crippen LogP contribution in [0.25, 0.3) is 10.2 Å². The molecular formula is C14H16N4O4S. The monoisotopic (exact) mass is 336 g/mol. The average Bonchev–Trinajstić information content (AvgIpc) is 2.95. The predicted octanol–water partition coefficient (Wildman–Crippen LogP) is 1.90. The fourth-order valence-corrected chi connectivity index (χ4v) is 3.51. The molecule has 1 amide bonds. The average molecular weight is 336 g/mol. The number of nitrogens with zero attached hydrogens (tertiary/aromatic N) is 2. The number of anilines is 1. The van der Waals surface area contributed by atoms with Crippen molar-refractivity contribution in [3.05, 3.63) is 28.3 Å². The fourth-order valence-electron chi connectivity index (χ4n) is 2.62. The Morgan fingerprint density at radius 1 is 1.48 bits per heavy atom. The van der Waals surface area contributed by atoms with Gasteiger partial charge in [0.2, 0.25) is 5.91 Å². The number of nitro groups is 1. The number of hydrogen-bond acceptors (Lipinski definition) is 7. The lowest BCUT2D eigenvalue weighted by molar-refractivity contribution is -0.384. The minimum Gasteiger partial charge on any atom is -0.381 e. The van der Waals surface area contributed by atoms with Crippen molar-refractivity contribution < 1.29 is 14.5 Å². The summed E-state index contributed by atoms with van der Waals surface area (Å²) in [4.78, 5) is 26.6. The molecule has 122 valence electrons. The van der Waals surface area contributed by atoms with E-state index in [0.717, 1.165) is 4.70 Å². The first-order valence-electron chi connectivity index (χ1n) is 7.17. The van der Waals surface area contributed by atoms with E-state index in [2.05, 4.69) is 10.3 Å². The number of amides is 1. The number of fused-ring (bicyclic) bond motifs is 1. The SMILES string of the molecule is NC(=O)C1(CNc2nc3ccc([N+](=O)[O-])cc3s2)CCOCC1. The molecule has 0 aliphatic carbocycles. The number of hydrogen-bond donors (Lipinski definition) is 2. The highest BCUT2D eigenvalue weighted by atomic mass is 32.1. The van der Waals surface area contributed by atoms with Crippen molar-refractivity contribution in [1.29, 1.82) is 0 Å². The van der Waals surface area contributed by atoms with Crippen LogP contribution >= 0.6 is 11.3 Å². The molecule has 2 aromatic rings. The first-order chi connectivity index (χ1) is 11.0. The number of benzene rings is 1. The first-order valence-corrected chi connectivity index (χ1v) is 7.98. The summed E-state index contributed by atoms with van der Waals surface area (Å²) in [5.41, 5.74) is 5.65. The van der Waals surface area contributed by atoms with Crippen LogP contribution in [0.3, 0.4) is 0 Å². The van der Waals surface area contributed by atoms with E-state index in [0.29, 0.717) is 43.2 Å². The van der Waals surface area contributed by atoms with Gasteiger partial charge in [0, 0.05) is 31.9 Å². The molecule has 0 unspecified atom stereocenters. The summed E-state index contributed by atoms with van der Waals surface area (Å²) in [5.74, 6) is -0.343. The fraction of sp³-hybridized carbons (Fsp3) is 0.429. The summed E-state index contributed by atoms with van der Waals surface area (Å²) < 4.78 is 6.02. The predicted molar refractivity (Wildman–Crippen MR) is 86.4 cm³/mol. The minimum atomic E-state index is -0.637. The van der Waals surface area contributed by atoms with E-state index in [4.69, 9.17) is 10.5 Å². The largest absolute Gasteiger partial charge is 0.381 e. The zero-order chi connectivity index (χ0) is 16.4. The van der Waals surface area contributed by atoms with E-state index in [1.165, 1.54) is 23.5 Å². The lowest BCUT2D eigenvalue weighted by Crippen LogP contribution is -2.46. The van der Waals surface area contributed by atoms with Crippen LogP contribution in [0.2, 0.25) is 0 Å². The molecule has 23 heavy (non-hydrogen) atoms. The molecule has 3 N–H and O–H groups in total. The number of rotatable bonds is 5. The van der Waals surface area contributed by atoms with Crippen molar-refractivity contribution >= 4 is 38.3 Å². The lowest BCUT2D eigenvalue weighted by Gasteiger charge is -2.34. The molecular weight excluding hydrogens is 320 g/mol. The van der Waals surface area contributed by atoms with Crippen LogP contribution in [-0.2, 0) is 9.53 Å². The van der Waals surface area contributed by atoms with Gasteiger partial charge in [0.05, 0.1) is 20.6 Å². The molecule has 2 heterocycles. The molecule has 0 spiro atoms. The summed E-state index contributed by atoms with van der Waals surface area (Å²) in [5, 5.41) is 14.6. The van der Waals surface area contributed by atoms with Gasteiger partial charge in [-0.15, -0.1) is 0 Å². The smallest absolute Gasteiger partial charge is 0.270 e. The molecule has 8 nitrogen and oxygen atoms in total. The van der Waals surface area contributed by atoms with Crippen LogP contribution in [0, 0.1) is 15.5 Å². The summed E-state index contributed by atoms with van der Waals surface area (Å²) in [6.07, 6.45) is 1.15. The van der Waals surface area contributed by atoms with Crippen molar-refractivity contribution in [2.45, 2.75) is 12.8 Å². The molecule has 9 heteroatoms. The van der Waals surface area contributed by atoms with E-state index >= 15 is 0 Å². The van der Waals surface area contributed by atoms with Gasteiger partial charge in [-0.05, 0) is 18.9 Å². The molecule has 0 saturated carbocycles. The zero-order valence-electron chi connectivity index (χ0n) is 12.3. The Bertz CT molecular complexity index is 754. The van der Waals surface area contributed by atoms with Gasteiger partial charge in [-0.1, -0.05) is 11.3 Å². The highest BCUT2D eigenvalue weighted by Gasteiger charge is 2.38. The molecule has 1 aliphatic rings. The lowest BCUT2D eigenvalue weighted by atomic mass is 9.79. The van der Waals surface area contributed by atoms with Crippen molar-refractivity contribution in [2.24, 2.45) is 11.1 Å². The third-order valence-electron chi connectivity index (χ3n) is 4.13. The molecule has 0 radical (unpaired) electrons. The van der Waals surface area contributed by atoms with E-state index in [9.17, 15) is 14.9 Å². The van der Waals surface area contributed by atoms with Crippen LogP contribution in [0.4, 0.5) is 10.8 Å². The van der Waals surface area contributed by atoms with Gasteiger partial charge in [0.15, 0.2) is 5.13 Å². The Hall–Kier alpha value is -2.26. The van der Waals surface area contributed by atoms with E-state index in [1.807, 2.05) is 0 Å². The second kappa shape index (κ2) is 6.09. The number of nitro benzene ring substituents is 1. The molecule has 1 fully saturated rings. The standard InChI is InChI=1S/C14H16N4O4S/c15-12(19)14(3-5-22-6-4-14)8-16-13-17-10-2-1-9(18(20)21)7-11(10)23-13/h1-2,7H,3-6,8H2,(H2,15,19)(H,16,17). The number of aromatic nitrogens is 1. The number of thiazole rings is 1. The number of carbonyl (C=O) groups is 1. The normalized spacial score (nSPS) is 17.0. The van der Waals surface area contributed by atoms with Gasteiger partial charge >= 0.3 is 0 Å². The van der Waals surface area contributed by atoms with Crippen LogP contribution in [0.15, 0.2) is 18.2 Å². The molecule has 1 aromatic heterocycles. The Labute approximate surface area is 135 Å². The topological polar surface area (TPSA) is 120 Å². The summed E-state index contributed by atoms with van der Waals surface area (Å²) in [7, 11) is 0. The minimum absolute atomic E-state index is 0.0331. The van der Waals surface area contributed by atoms with E-state index in [1.54, 1.807) is 6.07 Å². The zero-order valence-corrected chi connectivity index (χ0v) is 13.1. The molecule has 0 atom stereocenters. The molecule has 3 rings (SSSR count). The number of nitrogens with two attached hydrogens (primary N) is 1. The van der Waals surface area contributed by atoms with E-state index < -0.39 is 10.3 Å². The quantitative estimate of drug-likeness (QED) is 0.635. The van der Waals surface area contributed by atoms with Gasteiger partial charge in [0.1, 0.15) is 0 Å². The first kappa shape index (κ1) is 15.6. The van der Waals surface area contributed by atoms with Gasteiger partial charge < -0.3 is 15.8 Å². The number of primary amides is 1. The van der Waals surface area contributed by atoms with Gasteiger partial charge in [-0.25, -0.2) is 4.98 Å². The number of nitrogens with one attached hydrogen (secondary N) is 1. The summed E-state index contributed by atoms with van der Waals surface area (Å²) >= 11 is 1.32. The molecule has 1 aliphatic heterocycles. The van der Waals surface area contributed by atoms with Gasteiger partial charge in [-0.3, -0.25) is 14.9 Å². The van der Waals surface area contributed by atoms with Crippen molar-refractivity contribution in [1.82, 2.24) is 4.98 Å². The van der Waals surface area contributed by atoms with Crippen LogP contribution in [0.5, 0.6) is 0 Å². The summed E-state index contributed by atoms with van der Waals surface area (Å²) in [6, 6.07) is 4.54. The molecule has 1 saturated heterocycles. The Morgan fingerprint density at radius 2 is 2.22 bits per heavy atom. The van der Waals surface area contributed by atoms with Crippen LogP contribution in [-0.4, -0.2) is 35.6 Å². The second-order valence-corrected chi connectivity index (χ2v) is 6.57. The van der Waals surface area contributed by atoms with Gasteiger partial charge in [0.25, 0.3) is 5.69 Å². The molecule has 0 bridgehead atoms. The third-order valence-corrected chi connectivity index (χ3v) is 5.11. The number of non-ortho nitro benzene ring substituents is 1. The number of carbonyl (C=O) groups excluding carboxylic acids is 1. The number of ether oxygens (including phenoxy) is 1. The van der Waals surface area contributed by atoms with Gasteiger partial charge in [-0.2, -0.15) is 0 Å². The Balaban J connectivity index is 1.78. The van der Waals surface area contributed by atoms with Crippen molar-refractivity contribution in [3.63, 3.8) is 0 Å². The maximum atomic E-state index is 11.8. The van der Waals surface area contributed by atoms with Crippen molar-refractivity contribution in [3.8, 4) is 0 Å². The maximum absolute atomic E-state index is 11.8. The van der Waals surface area contributed by atoms with Crippen molar-refractivity contribution in [2.75, 3.05) is 25.1 Å². The van der Waals surface area contributed by atoms with Crippen LogP contribution < -0.4 is 11.1 Å². The third kappa shape index (κ3) is 3.10. The van der Waals surface area contributed by atoms with E-state index in [-0.39, 0.29) is 11.6 Å². The Morgan fingerprint density at radius 3 is 2.87 bits per heavy atom. The highest BCUT2D eigenvalue weighted by Crippen LogP contribution is 2.33.